The number of urea groups is 1. The summed E-state index contributed by atoms with van der Waals surface area (Å²) < 4.78 is 5.67. The van der Waals surface area contributed by atoms with Gasteiger partial charge in [0.2, 0.25) is 0 Å². The minimum atomic E-state index is 0.0335. The molecule has 2 aliphatic heterocycles. The van der Waals surface area contributed by atoms with Crippen molar-refractivity contribution in [3.63, 3.8) is 0 Å². The van der Waals surface area contributed by atoms with Crippen LogP contribution in [0.4, 0.5) is 4.79 Å². The molecule has 2 fully saturated rings. The maximum Gasteiger partial charge on any atom is 0.317 e. The fourth-order valence-electron chi connectivity index (χ4n) is 4.43. The van der Waals surface area contributed by atoms with Crippen molar-refractivity contribution >= 4 is 6.03 Å². The molecule has 3 heterocycles. The molecule has 0 unspecified atom stereocenters. The first-order valence-corrected chi connectivity index (χ1v) is 10.4. The van der Waals surface area contributed by atoms with Crippen LogP contribution < -0.4 is 5.32 Å². The van der Waals surface area contributed by atoms with Gasteiger partial charge in [-0.1, -0.05) is 35.9 Å². The molecule has 4 rings (SSSR count). The van der Waals surface area contributed by atoms with Gasteiger partial charge in [-0.3, -0.25) is 9.88 Å². The third-order valence-corrected chi connectivity index (χ3v) is 6.21. The van der Waals surface area contributed by atoms with Crippen LogP contribution in [-0.4, -0.2) is 59.7 Å². The monoisotopic (exact) mass is 394 g/mol. The molecule has 2 aliphatic rings. The minimum Gasteiger partial charge on any atom is -0.378 e. The molecule has 2 aromatic rings. The normalized spacial score (nSPS) is 22.9. The van der Waals surface area contributed by atoms with Crippen molar-refractivity contribution in [3.8, 4) is 0 Å². The molecule has 0 aliphatic carbocycles. The summed E-state index contributed by atoms with van der Waals surface area (Å²) in [6.45, 7) is 5.17. The predicted molar refractivity (Wildman–Crippen MR) is 112 cm³/mol. The zero-order valence-electron chi connectivity index (χ0n) is 17.3. The van der Waals surface area contributed by atoms with Gasteiger partial charge in [-0.25, -0.2) is 4.79 Å². The van der Waals surface area contributed by atoms with E-state index >= 15 is 0 Å². The summed E-state index contributed by atoms with van der Waals surface area (Å²) >= 11 is 0. The summed E-state index contributed by atoms with van der Waals surface area (Å²) in [4.78, 5) is 21.3. The van der Waals surface area contributed by atoms with Crippen molar-refractivity contribution in [2.24, 2.45) is 0 Å². The predicted octanol–water partition coefficient (Wildman–Crippen LogP) is 3.14. The van der Waals surface area contributed by atoms with Gasteiger partial charge < -0.3 is 15.0 Å². The fourth-order valence-corrected chi connectivity index (χ4v) is 4.43. The Labute approximate surface area is 172 Å². The number of aromatic nitrogens is 1. The van der Waals surface area contributed by atoms with E-state index in [1.54, 1.807) is 7.11 Å². The van der Waals surface area contributed by atoms with Crippen LogP contribution in [0.15, 0.2) is 48.8 Å². The third kappa shape index (κ3) is 4.43. The molecule has 6 heteroatoms. The molecule has 0 saturated carbocycles. The van der Waals surface area contributed by atoms with Crippen LogP contribution in [0.1, 0.15) is 35.6 Å². The lowest BCUT2D eigenvalue weighted by atomic mass is 9.88. The molecule has 1 aromatic heterocycles. The number of carbonyl (C=O) groups is 1. The van der Waals surface area contributed by atoms with E-state index < -0.39 is 0 Å². The summed E-state index contributed by atoms with van der Waals surface area (Å²) in [5.41, 5.74) is 3.57. The lowest BCUT2D eigenvalue weighted by molar-refractivity contribution is -0.115. The van der Waals surface area contributed by atoms with Crippen LogP contribution in [0, 0.1) is 6.92 Å². The largest absolute Gasteiger partial charge is 0.378 e. The number of likely N-dealkylation sites (tertiary alicyclic amines) is 2. The number of nitrogens with zero attached hydrogens (tertiary/aromatic N) is 3. The van der Waals surface area contributed by atoms with Crippen LogP contribution >= 0.6 is 0 Å². The highest BCUT2D eigenvalue weighted by Gasteiger charge is 2.44. The Kier molecular flexibility index (Phi) is 6.11. The molecule has 6 nitrogen and oxygen atoms in total. The average molecular weight is 395 g/mol. The van der Waals surface area contributed by atoms with Gasteiger partial charge in [0.25, 0.3) is 0 Å². The molecular formula is C23H30N4O2. The Hall–Kier alpha value is -2.44. The number of amides is 2. The quantitative estimate of drug-likeness (QED) is 0.847. The number of methoxy groups -OCH3 is 1. The SMILES string of the molecule is CO[C@H]1CN(C2CCN(C(=O)NCc3ccc(C)cc3)CC2)[C@H]1c1cccnc1. The van der Waals surface area contributed by atoms with Crippen LogP contribution in [0.5, 0.6) is 0 Å². The molecule has 0 spiro atoms. The van der Waals surface area contributed by atoms with E-state index in [0.717, 1.165) is 38.0 Å². The van der Waals surface area contributed by atoms with Gasteiger partial charge in [0.1, 0.15) is 0 Å². The number of benzene rings is 1. The third-order valence-electron chi connectivity index (χ3n) is 6.21. The summed E-state index contributed by atoms with van der Waals surface area (Å²) in [5, 5.41) is 3.06. The van der Waals surface area contributed by atoms with Crippen molar-refractivity contribution in [1.82, 2.24) is 20.1 Å². The number of carbonyl (C=O) groups excluding carboxylic acids is 1. The van der Waals surface area contributed by atoms with E-state index in [9.17, 15) is 4.79 Å². The first-order valence-electron chi connectivity index (χ1n) is 10.4. The van der Waals surface area contributed by atoms with Crippen molar-refractivity contribution in [2.45, 2.75) is 44.5 Å². The number of piperidine rings is 1. The number of pyridine rings is 1. The van der Waals surface area contributed by atoms with Crippen molar-refractivity contribution in [1.29, 1.82) is 0 Å². The summed E-state index contributed by atoms with van der Waals surface area (Å²) in [6, 6.07) is 13.2. The standard InChI is InChI=1S/C23H30N4O2/c1-17-5-7-18(8-6-17)14-25-23(28)26-12-9-20(10-13-26)27-16-21(29-2)22(27)19-4-3-11-24-15-19/h3-8,11,15,20-22H,9-10,12-14,16H2,1-2H3,(H,25,28)/t21-,22-/m0/s1. The van der Waals surface area contributed by atoms with Crippen LogP contribution in [0.3, 0.4) is 0 Å². The Balaban J connectivity index is 1.28. The Morgan fingerprint density at radius 2 is 1.97 bits per heavy atom. The molecule has 2 saturated heterocycles. The number of aryl methyl sites for hydroxylation is 1. The van der Waals surface area contributed by atoms with Crippen molar-refractivity contribution < 1.29 is 9.53 Å². The van der Waals surface area contributed by atoms with E-state index in [4.69, 9.17) is 4.74 Å². The maximum atomic E-state index is 12.6. The number of ether oxygens (including phenoxy) is 1. The van der Waals surface area contributed by atoms with E-state index in [1.165, 1.54) is 11.1 Å². The Morgan fingerprint density at radius 1 is 1.21 bits per heavy atom. The summed E-state index contributed by atoms with van der Waals surface area (Å²) in [7, 11) is 1.78. The lowest BCUT2D eigenvalue weighted by Gasteiger charge is -2.52. The second-order valence-corrected chi connectivity index (χ2v) is 8.06. The van der Waals surface area contributed by atoms with Crippen molar-refractivity contribution in [2.75, 3.05) is 26.7 Å². The molecular weight excluding hydrogens is 364 g/mol. The first-order chi connectivity index (χ1) is 14.2. The summed E-state index contributed by atoms with van der Waals surface area (Å²) in [6.07, 6.45) is 5.95. The first kappa shape index (κ1) is 19.9. The van der Waals surface area contributed by atoms with Crippen LogP contribution in [0.25, 0.3) is 0 Å². The lowest BCUT2D eigenvalue weighted by Crippen LogP contribution is -2.60. The molecule has 154 valence electrons. The molecule has 1 N–H and O–H groups in total. The number of nitrogens with one attached hydrogen (secondary N) is 1. The Morgan fingerprint density at radius 3 is 2.62 bits per heavy atom. The van der Waals surface area contributed by atoms with Crippen LogP contribution in [-0.2, 0) is 11.3 Å². The second-order valence-electron chi connectivity index (χ2n) is 8.06. The molecule has 0 bridgehead atoms. The van der Waals surface area contributed by atoms with E-state index in [2.05, 4.69) is 52.5 Å². The second kappa shape index (κ2) is 8.93. The smallest absolute Gasteiger partial charge is 0.317 e. The van der Waals surface area contributed by atoms with E-state index in [0.29, 0.717) is 12.6 Å². The van der Waals surface area contributed by atoms with Crippen molar-refractivity contribution in [3.05, 3.63) is 65.5 Å². The summed E-state index contributed by atoms with van der Waals surface area (Å²) in [5.74, 6) is 0. The number of rotatable bonds is 5. The van der Waals surface area contributed by atoms with Gasteiger partial charge in [0.15, 0.2) is 0 Å². The van der Waals surface area contributed by atoms with Gasteiger partial charge in [0.05, 0.1) is 12.1 Å². The molecule has 29 heavy (non-hydrogen) atoms. The number of hydrogen-bond donors (Lipinski definition) is 1. The van der Waals surface area contributed by atoms with Gasteiger partial charge in [-0.05, 0) is 37.0 Å². The van der Waals surface area contributed by atoms with Gasteiger partial charge >= 0.3 is 6.03 Å². The molecule has 2 atom stereocenters. The van der Waals surface area contributed by atoms with Gasteiger partial charge in [0, 0.05) is 51.7 Å². The molecule has 0 radical (unpaired) electrons. The fraction of sp³-hybridized carbons (Fsp3) is 0.478. The van der Waals surface area contributed by atoms with Gasteiger partial charge in [-0.2, -0.15) is 0 Å². The number of hydrogen-bond acceptors (Lipinski definition) is 4. The molecule has 1 aromatic carbocycles. The highest BCUT2D eigenvalue weighted by Crippen LogP contribution is 2.39. The topological polar surface area (TPSA) is 57.7 Å². The highest BCUT2D eigenvalue weighted by molar-refractivity contribution is 5.74. The zero-order valence-corrected chi connectivity index (χ0v) is 17.3. The highest BCUT2D eigenvalue weighted by atomic mass is 16.5. The van der Waals surface area contributed by atoms with Gasteiger partial charge in [-0.15, -0.1) is 0 Å². The van der Waals surface area contributed by atoms with E-state index in [1.807, 2.05) is 23.4 Å². The van der Waals surface area contributed by atoms with Crippen LogP contribution in [0.2, 0.25) is 0 Å². The minimum absolute atomic E-state index is 0.0335. The maximum absolute atomic E-state index is 12.6. The average Bonchev–Trinajstić information content (AvgIpc) is 2.74. The molecule has 2 amide bonds. The Bertz CT molecular complexity index is 803. The van der Waals surface area contributed by atoms with E-state index in [-0.39, 0.29) is 18.2 Å². The zero-order chi connectivity index (χ0) is 20.2.